The van der Waals surface area contributed by atoms with E-state index in [1.807, 2.05) is 0 Å². The molecule has 0 aliphatic carbocycles. The van der Waals surface area contributed by atoms with Crippen molar-refractivity contribution < 1.29 is 15.0 Å². The Labute approximate surface area is 111 Å². The molecule has 3 N–H and O–H groups in total. The summed E-state index contributed by atoms with van der Waals surface area (Å²) in [5, 5.41) is 22.2. The molecule has 0 saturated heterocycles. The Balaban J connectivity index is 2.15. The second-order valence-electron chi connectivity index (χ2n) is 4.27. The quantitative estimate of drug-likeness (QED) is 0.739. The lowest BCUT2D eigenvalue weighted by molar-refractivity contribution is -0.124. The third-order valence-corrected chi connectivity index (χ3v) is 2.86. The van der Waals surface area contributed by atoms with Gasteiger partial charge in [0.1, 0.15) is 5.75 Å². The number of phenolic OH excluding ortho intramolecular Hbond substituents is 1. The topological polar surface area (TPSA) is 69.6 Å². The van der Waals surface area contributed by atoms with Crippen LogP contribution in [0.5, 0.6) is 5.75 Å². The molecule has 4 nitrogen and oxygen atoms in total. The van der Waals surface area contributed by atoms with Gasteiger partial charge in [-0.1, -0.05) is 42.5 Å². The average Bonchev–Trinajstić information content (AvgIpc) is 2.44. The predicted molar refractivity (Wildman–Crippen MR) is 72.9 cm³/mol. The minimum atomic E-state index is -1.26. The van der Waals surface area contributed by atoms with E-state index in [1.165, 1.54) is 0 Å². The van der Waals surface area contributed by atoms with Gasteiger partial charge in [-0.2, -0.15) is 0 Å². The largest absolute Gasteiger partial charge is 0.505 e. The van der Waals surface area contributed by atoms with Crippen LogP contribution in [0.2, 0.25) is 0 Å². The van der Waals surface area contributed by atoms with Crippen molar-refractivity contribution in [3.05, 3.63) is 59.7 Å². The molecule has 1 unspecified atom stereocenters. The van der Waals surface area contributed by atoms with Crippen LogP contribution in [0.3, 0.4) is 0 Å². The lowest BCUT2D eigenvalue weighted by Crippen LogP contribution is -2.20. The number of anilines is 1. The minimum Gasteiger partial charge on any atom is -0.505 e. The molecular weight excluding hydrogens is 242 g/mol. The fourth-order valence-corrected chi connectivity index (χ4v) is 1.75. The number of carbonyl (C=O) groups is 1. The van der Waals surface area contributed by atoms with Crippen molar-refractivity contribution in [2.75, 3.05) is 5.32 Å². The zero-order valence-corrected chi connectivity index (χ0v) is 10.5. The van der Waals surface area contributed by atoms with Crippen LogP contribution < -0.4 is 5.32 Å². The van der Waals surface area contributed by atoms with E-state index in [0.29, 0.717) is 16.8 Å². The summed E-state index contributed by atoms with van der Waals surface area (Å²) in [6, 6.07) is 13.7. The molecule has 0 aliphatic rings. The van der Waals surface area contributed by atoms with Crippen molar-refractivity contribution in [2.24, 2.45) is 0 Å². The van der Waals surface area contributed by atoms with Gasteiger partial charge in [-0.25, -0.2) is 0 Å². The second kappa shape index (κ2) is 5.54. The number of aromatic hydroxyl groups is 1. The normalized spacial score (nSPS) is 11.9. The van der Waals surface area contributed by atoms with Crippen molar-refractivity contribution in [1.29, 1.82) is 0 Å². The Morgan fingerprint density at radius 2 is 1.79 bits per heavy atom. The highest BCUT2D eigenvalue weighted by molar-refractivity contribution is 5.96. The molecule has 0 bridgehead atoms. The number of para-hydroxylation sites is 1. The number of amides is 1. The summed E-state index contributed by atoms with van der Waals surface area (Å²) in [5.74, 6) is -0.566. The van der Waals surface area contributed by atoms with Gasteiger partial charge in [-0.05, 0) is 24.1 Å². The lowest BCUT2D eigenvalue weighted by Gasteiger charge is -2.13. The lowest BCUT2D eigenvalue weighted by atomic mass is 10.1. The first kappa shape index (κ1) is 13.1. The molecule has 0 aliphatic heterocycles. The number of rotatable bonds is 3. The van der Waals surface area contributed by atoms with Crippen molar-refractivity contribution in [3.63, 3.8) is 0 Å². The minimum absolute atomic E-state index is 0.0103. The van der Waals surface area contributed by atoms with Crippen molar-refractivity contribution in [1.82, 2.24) is 0 Å². The van der Waals surface area contributed by atoms with Gasteiger partial charge in [-0.3, -0.25) is 4.79 Å². The van der Waals surface area contributed by atoms with Crippen LogP contribution in [0.25, 0.3) is 0 Å². The van der Waals surface area contributed by atoms with Gasteiger partial charge in [0.15, 0.2) is 6.10 Å². The maximum absolute atomic E-state index is 11.9. The van der Waals surface area contributed by atoms with Gasteiger partial charge in [0.2, 0.25) is 0 Å². The first-order chi connectivity index (χ1) is 9.09. The second-order valence-corrected chi connectivity index (χ2v) is 4.27. The fraction of sp³-hybridized carbons (Fsp3) is 0.133. The molecule has 0 heterocycles. The summed E-state index contributed by atoms with van der Waals surface area (Å²) >= 11 is 0. The standard InChI is InChI=1S/C15H15NO3/c1-10-6-5-9-12(13(10)17)16-15(19)14(18)11-7-3-2-4-8-11/h2-9,14,17-18H,1H3,(H,16,19). The molecule has 2 aromatic carbocycles. The number of aryl methyl sites for hydroxylation is 1. The molecule has 0 aromatic heterocycles. The van der Waals surface area contributed by atoms with Crippen molar-refractivity contribution >= 4 is 11.6 Å². The summed E-state index contributed by atoms with van der Waals surface area (Å²) < 4.78 is 0. The average molecular weight is 257 g/mol. The Morgan fingerprint density at radius 1 is 1.11 bits per heavy atom. The smallest absolute Gasteiger partial charge is 0.257 e. The van der Waals surface area contributed by atoms with Gasteiger partial charge in [0.05, 0.1) is 5.69 Å². The van der Waals surface area contributed by atoms with Gasteiger partial charge < -0.3 is 15.5 Å². The van der Waals surface area contributed by atoms with Crippen LogP contribution in [0.4, 0.5) is 5.69 Å². The van der Waals surface area contributed by atoms with E-state index in [-0.39, 0.29) is 5.75 Å². The molecule has 1 atom stereocenters. The summed E-state index contributed by atoms with van der Waals surface area (Å²) in [5.41, 5.74) is 1.46. The highest BCUT2D eigenvalue weighted by Crippen LogP contribution is 2.27. The summed E-state index contributed by atoms with van der Waals surface area (Å²) in [4.78, 5) is 11.9. The fourth-order valence-electron chi connectivity index (χ4n) is 1.75. The van der Waals surface area contributed by atoms with Crippen LogP contribution >= 0.6 is 0 Å². The summed E-state index contributed by atoms with van der Waals surface area (Å²) in [6.07, 6.45) is -1.26. The number of hydrogen-bond donors (Lipinski definition) is 3. The summed E-state index contributed by atoms with van der Waals surface area (Å²) in [6.45, 7) is 1.73. The summed E-state index contributed by atoms with van der Waals surface area (Å²) in [7, 11) is 0. The van der Waals surface area contributed by atoms with Crippen molar-refractivity contribution in [2.45, 2.75) is 13.0 Å². The molecule has 0 fully saturated rings. The predicted octanol–water partition coefficient (Wildman–Crippen LogP) is 2.37. The van der Waals surface area contributed by atoms with Crippen LogP contribution in [-0.4, -0.2) is 16.1 Å². The maximum atomic E-state index is 11.9. The van der Waals surface area contributed by atoms with Crippen LogP contribution in [0.15, 0.2) is 48.5 Å². The highest BCUT2D eigenvalue weighted by Gasteiger charge is 2.18. The van der Waals surface area contributed by atoms with E-state index in [0.717, 1.165) is 0 Å². The highest BCUT2D eigenvalue weighted by atomic mass is 16.3. The number of carbonyl (C=O) groups excluding carboxylic acids is 1. The molecule has 2 rings (SSSR count). The number of aliphatic hydroxyl groups excluding tert-OH is 1. The van der Waals surface area contributed by atoms with Crippen LogP contribution in [-0.2, 0) is 4.79 Å². The molecule has 2 aromatic rings. The Kier molecular flexibility index (Phi) is 3.82. The zero-order valence-electron chi connectivity index (χ0n) is 10.5. The Hall–Kier alpha value is -2.33. The maximum Gasteiger partial charge on any atom is 0.257 e. The van der Waals surface area contributed by atoms with Gasteiger partial charge >= 0.3 is 0 Å². The zero-order chi connectivity index (χ0) is 13.8. The number of aliphatic hydroxyl groups is 1. The van der Waals surface area contributed by atoms with Crippen LogP contribution in [0, 0.1) is 6.92 Å². The van der Waals surface area contributed by atoms with Crippen molar-refractivity contribution in [3.8, 4) is 5.75 Å². The number of hydrogen-bond acceptors (Lipinski definition) is 3. The molecule has 19 heavy (non-hydrogen) atoms. The first-order valence-corrected chi connectivity index (χ1v) is 5.92. The van der Waals surface area contributed by atoms with E-state index in [9.17, 15) is 15.0 Å². The monoisotopic (exact) mass is 257 g/mol. The number of phenols is 1. The third-order valence-electron chi connectivity index (χ3n) is 2.86. The number of benzene rings is 2. The third kappa shape index (κ3) is 2.92. The first-order valence-electron chi connectivity index (χ1n) is 5.92. The Bertz CT molecular complexity index is 581. The van der Waals surface area contributed by atoms with Crippen LogP contribution in [0.1, 0.15) is 17.2 Å². The molecule has 0 saturated carbocycles. The number of nitrogens with one attached hydrogen (secondary N) is 1. The van der Waals surface area contributed by atoms with E-state index < -0.39 is 12.0 Å². The molecule has 1 amide bonds. The molecule has 4 heteroatoms. The van der Waals surface area contributed by atoms with Gasteiger partial charge in [0.25, 0.3) is 5.91 Å². The van der Waals surface area contributed by atoms with E-state index in [1.54, 1.807) is 55.5 Å². The van der Waals surface area contributed by atoms with Gasteiger partial charge in [-0.15, -0.1) is 0 Å². The van der Waals surface area contributed by atoms with E-state index >= 15 is 0 Å². The molecular formula is C15H15NO3. The van der Waals surface area contributed by atoms with Gasteiger partial charge in [0, 0.05) is 0 Å². The molecule has 0 spiro atoms. The van der Waals surface area contributed by atoms with E-state index in [4.69, 9.17) is 0 Å². The Morgan fingerprint density at radius 3 is 2.47 bits per heavy atom. The molecule has 0 radical (unpaired) electrons. The SMILES string of the molecule is Cc1cccc(NC(=O)C(O)c2ccccc2)c1O. The van der Waals surface area contributed by atoms with E-state index in [2.05, 4.69) is 5.32 Å². The molecule has 98 valence electrons.